The number of carbonyl (C=O) groups excluding carboxylic acids is 3. The lowest BCUT2D eigenvalue weighted by Crippen LogP contribution is -2.42. The van der Waals surface area contributed by atoms with Gasteiger partial charge >= 0.3 is 5.97 Å². The first-order valence-electron chi connectivity index (χ1n) is 8.17. The summed E-state index contributed by atoms with van der Waals surface area (Å²) in [7, 11) is 0. The first kappa shape index (κ1) is 18.9. The van der Waals surface area contributed by atoms with Crippen molar-refractivity contribution in [2.75, 3.05) is 26.2 Å². The smallest absolute Gasteiger partial charge is 0.349 e. The van der Waals surface area contributed by atoms with E-state index in [0.717, 1.165) is 15.6 Å². The zero-order valence-corrected chi connectivity index (χ0v) is 15.4. The number of esters is 1. The average Bonchev–Trinajstić information content (AvgIpc) is 2.95. The second-order valence-corrected chi connectivity index (χ2v) is 6.54. The van der Waals surface area contributed by atoms with Crippen LogP contribution >= 0.6 is 11.3 Å². The van der Waals surface area contributed by atoms with Crippen molar-refractivity contribution in [1.29, 1.82) is 0 Å². The number of thiophene rings is 1. The number of amides is 2. The highest BCUT2D eigenvalue weighted by Crippen LogP contribution is 2.30. The molecule has 0 radical (unpaired) electrons. The van der Waals surface area contributed by atoms with Crippen LogP contribution in [-0.4, -0.2) is 48.9 Å². The van der Waals surface area contributed by atoms with Crippen molar-refractivity contribution in [2.45, 2.75) is 20.8 Å². The van der Waals surface area contributed by atoms with Crippen LogP contribution in [0.15, 0.2) is 24.3 Å². The van der Waals surface area contributed by atoms with Crippen molar-refractivity contribution in [1.82, 2.24) is 10.2 Å². The van der Waals surface area contributed by atoms with Crippen molar-refractivity contribution >= 4 is 39.2 Å². The van der Waals surface area contributed by atoms with E-state index in [1.165, 1.54) is 16.2 Å². The van der Waals surface area contributed by atoms with E-state index >= 15 is 0 Å². The van der Waals surface area contributed by atoms with E-state index in [1.807, 2.05) is 38.1 Å². The molecule has 0 atom stereocenters. The van der Waals surface area contributed by atoms with Gasteiger partial charge in [0.1, 0.15) is 4.88 Å². The predicted molar refractivity (Wildman–Crippen MR) is 97.8 cm³/mol. The number of benzene rings is 1. The molecule has 0 aliphatic heterocycles. The molecular weight excluding hydrogens is 340 g/mol. The summed E-state index contributed by atoms with van der Waals surface area (Å²) >= 11 is 1.35. The Bertz CT molecular complexity index is 784. The molecule has 0 saturated heterocycles. The van der Waals surface area contributed by atoms with E-state index < -0.39 is 5.97 Å². The third-order valence-electron chi connectivity index (χ3n) is 3.80. The highest BCUT2D eigenvalue weighted by molar-refractivity contribution is 7.21. The van der Waals surface area contributed by atoms with Gasteiger partial charge in [-0.1, -0.05) is 18.2 Å². The molecule has 0 aliphatic rings. The van der Waals surface area contributed by atoms with Gasteiger partial charge in [0.15, 0.2) is 6.61 Å². The minimum Gasteiger partial charge on any atom is -0.451 e. The van der Waals surface area contributed by atoms with E-state index in [1.54, 1.807) is 6.92 Å². The van der Waals surface area contributed by atoms with Gasteiger partial charge in [-0.3, -0.25) is 9.59 Å². The van der Waals surface area contributed by atoms with Crippen molar-refractivity contribution in [3.05, 3.63) is 34.7 Å². The summed E-state index contributed by atoms with van der Waals surface area (Å²) in [5, 5.41) is 3.65. The molecule has 2 amide bonds. The van der Waals surface area contributed by atoms with Gasteiger partial charge in [0.25, 0.3) is 5.91 Å². The minimum absolute atomic E-state index is 0.0390. The number of nitrogens with one attached hydrogen (secondary N) is 1. The number of aryl methyl sites for hydroxylation is 1. The summed E-state index contributed by atoms with van der Waals surface area (Å²) in [4.78, 5) is 38.0. The molecule has 0 aliphatic carbocycles. The van der Waals surface area contributed by atoms with Gasteiger partial charge in [0, 0.05) is 17.8 Å². The lowest BCUT2D eigenvalue weighted by molar-refractivity contribution is -0.138. The Kier molecular flexibility index (Phi) is 6.52. The molecule has 25 heavy (non-hydrogen) atoms. The van der Waals surface area contributed by atoms with Gasteiger partial charge in [0.05, 0.1) is 6.54 Å². The molecule has 0 saturated carbocycles. The quantitative estimate of drug-likeness (QED) is 0.767. The lowest BCUT2D eigenvalue weighted by Gasteiger charge is -2.19. The summed E-state index contributed by atoms with van der Waals surface area (Å²) in [6.07, 6.45) is 0. The van der Waals surface area contributed by atoms with E-state index in [0.29, 0.717) is 18.0 Å². The molecule has 0 bridgehead atoms. The number of fused-ring (bicyclic) bond motifs is 1. The number of hydrogen-bond acceptors (Lipinski definition) is 5. The molecule has 1 N–H and O–H groups in total. The van der Waals surface area contributed by atoms with Gasteiger partial charge < -0.3 is 15.0 Å². The van der Waals surface area contributed by atoms with Gasteiger partial charge in [0.2, 0.25) is 5.91 Å². The molecule has 7 heteroatoms. The van der Waals surface area contributed by atoms with E-state index in [2.05, 4.69) is 5.32 Å². The van der Waals surface area contributed by atoms with Crippen LogP contribution in [-0.2, 0) is 14.3 Å². The lowest BCUT2D eigenvalue weighted by atomic mass is 10.1. The van der Waals surface area contributed by atoms with E-state index in [-0.39, 0.29) is 25.0 Å². The molecule has 1 aromatic carbocycles. The van der Waals surface area contributed by atoms with Gasteiger partial charge in [-0.05, 0) is 37.8 Å². The molecule has 0 fully saturated rings. The third-order valence-corrected chi connectivity index (χ3v) is 5.05. The first-order valence-corrected chi connectivity index (χ1v) is 8.99. The molecule has 2 rings (SSSR count). The van der Waals surface area contributed by atoms with Crippen LogP contribution in [0.25, 0.3) is 10.1 Å². The van der Waals surface area contributed by atoms with Crippen LogP contribution in [0, 0.1) is 6.92 Å². The Balaban J connectivity index is 1.99. The Morgan fingerprint density at radius 2 is 1.92 bits per heavy atom. The average molecular weight is 362 g/mol. The Labute approximate surface area is 150 Å². The fourth-order valence-electron chi connectivity index (χ4n) is 2.46. The summed E-state index contributed by atoms with van der Waals surface area (Å²) < 4.78 is 6.18. The molecule has 0 spiro atoms. The molecule has 134 valence electrons. The predicted octanol–water partition coefficient (Wildman–Crippen LogP) is 2.35. The van der Waals surface area contributed by atoms with Crippen molar-refractivity contribution in [2.24, 2.45) is 0 Å². The molecule has 2 aromatic rings. The van der Waals surface area contributed by atoms with Gasteiger partial charge in [-0.25, -0.2) is 4.79 Å². The summed E-state index contributed by atoms with van der Waals surface area (Å²) in [5.74, 6) is -1.13. The summed E-state index contributed by atoms with van der Waals surface area (Å²) in [6, 6.07) is 7.73. The van der Waals surface area contributed by atoms with E-state index in [4.69, 9.17) is 4.74 Å². The molecule has 0 unspecified atom stereocenters. The number of carbonyl (C=O) groups is 3. The highest BCUT2D eigenvalue weighted by Gasteiger charge is 2.20. The Morgan fingerprint density at radius 3 is 2.56 bits per heavy atom. The highest BCUT2D eigenvalue weighted by atomic mass is 32.1. The summed E-state index contributed by atoms with van der Waals surface area (Å²) in [6.45, 7) is 5.91. The van der Waals surface area contributed by atoms with Gasteiger partial charge in [-0.15, -0.1) is 11.3 Å². The molecule has 1 aromatic heterocycles. The number of ether oxygens (including phenoxy) is 1. The molecule has 1 heterocycles. The van der Waals surface area contributed by atoms with Gasteiger partial charge in [-0.2, -0.15) is 0 Å². The van der Waals surface area contributed by atoms with Crippen molar-refractivity contribution < 1.29 is 19.1 Å². The topological polar surface area (TPSA) is 75.7 Å². The first-order chi connectivity index (χ1) is 12.0. The van der Waals surface area contributed by atoms with Crippen molar-refractivity contribution in [3.63, 3.8) is 0 Å². The maximum absolute atomic E-state index is 12.3. The third kappa shape index (κ3) is 4.57. The second-order valence-electron chi connectivity index (χ2n) is 5.49. The standard InChI is InChI=1S/C18H22N2O4S/c1-4-19-15(21)10-20(5-2)16(22)11-24-18(23)17-12(3)13-8-6-7-9-14(13)25-17/h6-9H,4-5,10-11H2,1-3H3,(H,19,21). The van der Waals surface area contributed by atoms with Crippen LogP contribution < -0.4 is 5.32 Å². The second kappa shape index (κ2) is 8.62. The largest absolute Gasteiger partial charge is 0.451 e. The van der Waals surface area contributed by atoms with Crippen LogP contribution in [0.2, 0.25) is 0 Å². The number of likely N-dealkylation sites (N-methyl/N-ethyl adjacent to an activating group) is 2. The fraction of sp³-hybridized carbons (Fsp3) is 0.389. The number of rotatable bonds is 7. The molecular formula is C18H22N2O4S. The monoisotopic (exact) mass is 362 g/mol. The zero-order valence-electron chi connectivity index (χ0n) is 14.6. The maximum Gasteiger partial charge on any atom is 0.349 e. The molecule has 6 nitrogen and oxygen atoms in total. The number of nitrogens with zero attached hydrogens (tertiary/aromatic N) is 1. The summed E-state index contributed by atoms with van der Waals surface area (Å²) in [5.41, 5.74) is 0.854. The van der Waals surface area contributed by atoms with Crippen LogP contribution in [0.3, 0.4) is 0 Å². The SMILES string of the molecule is CCNC(=O)CN(CC)C(=O)COC(=O)c1sc2ccccc2c1C. The normalized spacial score (nSPS) is 10.5. The minimum atomic E-state index is -0.513. The van der Waals surface area contributed by atoms with Crippen LogP contribution in [0.1, 0.15) is 29.1 Å². The van der Waals surface area contributed by atoms with Crippen LogP contribution in [0.5, 0.6) is 0 Å². The van der Waals surface area contributed by atoms with Crippen LogP contribution in [0.4, 0.5) is 0 Å². The van der Waals surface area contributed by atoms with E-state index in [9.17, 15) is 14.4 Å². The number of hydrogen-bond donors (Lipinski definition) is 1. The Morgan fingerprint density at radius 1 is 1.20 bits per heavy atom. The zero-order chi connectivity index (χ0) is 18.4. The maximum atomic E-state index is 12.3. The Hall–Kier alpha value is -2.41. The fourth-order valence-corrected chi connectivity index (χ4v) is 3.56. The van der Waals surface area contributed by atoms with Crippen molar-refractivity contribution in [3.8, 4) is 0 Å².